The van der Waals surface area contributed by atoms with Gasteiger partial charge in [0.25, 0.3) is 0 Å². The van der Waals surface area contributed by atoms with Crippen LogP contribution in [0.5, 0.6) is 0 Å². The highest BCUT2D eigenvalue weighted by molar-refractivity contribution is 5.84. The molecule has 7 heteroatoms. The number of rotatable bonds is 6. The summed E-state index contributed by atoms with van der Waals surface area (Å²) >= 11 is 0. The number of amides is 1. The topological polar surface area (TPSA) is 83.5 Å². The molecule has 0 bridgehead atoms. The number of hydrogen-bond acceptors (Lipinski definition) is 5. The zero-order valence-electron chi connectivity index (χ0n) is 15.6. The number of pyridine rings is 1. The molecule has 1 atom stereocenters. The van der Waals surface area contributed by atoms with E-state index in [0.29, 0.717) is 17.9 Å². The number of nitrogens with one attached hydrogen (secondary N) is 2. The van der Waals surface area contributed by atoms with Crippen molar-refractivity contribution in [3.63, 3.8) is 0 Å². The first-order chi connectivity index (χ1) is 12.7. The second-order valence-electron chi connectivity index (χ2n) is 6.91. The van der Waals surface area contributed by atoms with E-state index in [0.717, 1.165) is 6.07 Å². The molecule has 144 valence electrons. The molecule has 0 aliphatic rings. The minimum atomic E-state index is -1.17. The summed E-state index contributed by atoms with van der Waals surface area (Å²) in [7, 11) is 0. The molecule has 2 aromatic rings. The van der Waals surface area contributed by atoms with E-state index in [1.54, 1.807) is 39.0 Å². The van der Waals surface area contributed by atoms with Gasteiger partial charge in [-0.15, -0.1) is 6.58 Å². The summed E-state index contributed by atoms with van der Waals surface area (Å²) in [6, 6.07) is 7.31. The van der Waals surface area contributed by atoms with E-state index in [1.165, 1.54) is 18.3 Å². The fraction of sp³-hybridized carbons (Fsp3) is 0.300. The van der Waals surface area contributed by atoms with E-state index in [1.807, 2.05) is 0 Å². The van der Waals surface area contributed by atoms with Gasteiger partial charge in [-0.2, -0.15) is 0 Å². The Labute approximate surface area is 158 Å². The lowest BCUT2D eigenvalue weighted by atomic mass is 10.0. The summed E-state index contributed by atoms with van der Waals surface area (Å²) in [6.45, 7) is 9.34. The third-order valence-corrected chi connectivity index (χ3v) is 3.47. The molecule has 1 aromatic carbocycles. The molecular weight excluding hydrogens is 349 g/mol. The number of anilines is 2. The number of aliphatic hydroxyl groups excluding tert-OH is 1. The van der Waals surface area contributed by atoms with Crippen molar-refractivity contribution in [3.05, 3.63) is 66.1 Å². The fourth-order valence-electron chi connectivity index (χ4n) is 2.32. The van der Waals surface area contributed by atoms with Gasteiger partial charge in [-0.25, -0.2) is 14.2 Å². The van der Waals surface area contributed by atoms with Gasteiger partial charge in [0.2, 0.25) is 0 Å². The van der Waals surface area contributed by atoms with E-state index in [2.05, 4.69) is 22.2 Å². The number of ether oxygens (including phenoxy) is 1. The van der Waals surface area contributed by atoms with Gasteiger partial charge in [-0.1, -0.05) is 12.1 Å². The molecule has 1 heterocycles. The van der Waals surface area contributed by atoms with Gasteiger partial charge in [0.15, 0.2) is 0 Å². The minimum Gasteiger partial charge on any atom is -0.444 e. The number of halogens is 1. The molecule has 0 radical (unpaired) electrons. The first-order valence-electron chi connectivity index (χ1n) is 8.48. The Kier molecular flexibility index (Phi) is 6.52. The Morgan fingerprint density at radius 3 is 2.74 bits per heavy atom. The van der Waals surface area contributed by atoms with Gasteiger partial charge in [-0.3, -0.25) is 5.32 Å². The van der Waals surface area contributed by atoms with Crippen LogP contribution in [0, 0.1) is 5.82 Å². The molecule has 1 aromatic heterocycles. The van der Waals surface area contributed by atoms with Gasteiger partial charge in [0.05, 0.1) is 0 Å². The van der Waals surface area contributed by atoms with Crippen molar-refractivity contribution < 1.29 is 19.0 Å². The van der Waals surface area contributed by atoms with E-state index < -0.39 is 23.6 Å². The molecule has 1 unspecified atom stereocenters. The Hall–Kier alpha value is -2.93. The van der Waals surface area contributed by atoms with Gasteiger partial charge in [0, 0.05) is 24.0 Å². The molecule has 0 spiro atoms. The molecule has 0 saturated heterocycles. The highest BCUT2D eigenvalue weighted by Gasteiger charge is 2.19. The molecule has 2 rings (SSSR count). The standard InChI is InChI=1S/C20H24FN3O3/c1-5-9-22-17-11-13(8-10-23-17)18(25)15-7-6-14(12-16(15)21)24-19(26)27-20(2,3)4/h5-8,10-12,18,25H,1,9H2,2-4H3,(H,22,23)(H,24,26). The molecule has 0 aliphatic carbocycles. The Balaban J connectivity index is 2.15. The lowest BCUT2D eigenvalue weighted by Gasteiger charge is -2.20. The molecule has 6 nitrogen and oxygen atoms in total. The van der Waals surface area contributed by atoms with Crippen molar-refractivity contribution >= 4 is 17.6 Å². The highest BCUT2D eigenvalue weighted by atomic mass is 19.1. The van der Waals surface area contributed by atoms with Crippen molar-refractivity contribution in [3.8, 4) is 0 Å². The summed E-state index contributed by atoms with van der Waals surface area (Å²) in [5, 5.41) is 16.0. The predicted octanol–water partition coefficient (Wildman–Crippen LogP) is 4.25. The summed E-state index contributed by atoms with van der Waals surface area (Å²) in [6.07, 6.45) is 1.36. The largest absolute Gasteiger partial charge is 0.444 e. The minimum absolute atomic E-state index is 0.0885. The lowest BCUT2D eigenvalue weighted by Crippen LogP contribution is -2.27. The maximum Gasteiger partial charge on any atom is 0.412 e. The lowest BCUT2D eigenvalue weighted by molar-refractivity contribution is 0.0636. The van der Waals surface area contributed by atoms with Crippen LogP contribution in [0.3, 0.4) is 0 Å². The van der Waals surface area contributed by atoms with Crippen LogP contribution in [-0.4, -0.2) is 28.3 Å². The first kappa shape index (κ1) is 20.4. The van der Waals surface area contributed by atoms with Crippen LogP contribution in [0.4, 0.5) is 20.7 Å². The van der Waals surface area contributed by atoms with Crippen molar-refractivity contribution in [1.82, 2.24) is 4.98 Å². The van der Waals surface area contributed by atoms with Gasteiger partial charge in [-0.05, 0) is 50.6 Å². The number of hydrogen-bond donors (Lipinski definition) is 3. The second-order valence-corrected chi connectivity index (χ2v) is 6.91. The molecule has 27 heavy (non-hydrogen) atoms. The fourth-order valence-corrected chi connectivity index (χ4v) is 2.32. The van der Waals surface area contributed by atoms with Crippen LogP contribution >= 0.6 is 0 Å². The zero-order valence-corrected chi connectivity index (χ0v) is 15.6. The van der Waals surface area contributed by atoms with Crippen LogP contribution in [0.2, 0.25) is 0 Å². The summed E-state index contributed by atoms with van der Waals surface area (Å²) in [4.78, 5) is 15.9. The molecule has 0 aliphatic heterocycles. The van der Waals surface area contributed by atoms with Crippen LogP contribution in [0.25, 0.3) is 0 Å². The summed E-state index contributed by atoms with van der Waals surface area (Å²) in [5.41, 5.74) is 0.159. The normalized spacial score (nSPS) is 12.2. The van der Waals surface area contributed by atoms with Crippen LogP contribution in [-0.2, 0) is 4.74 Å². The Morgan fingerprint density at radius 2 is 2.11 bits per heavy atom. The van der Waals surface area contributed by atoms with E-state index in [-0.39, 0.29) is 11.3 Å². The van der Waals surface area contributed by atoms with E-state index in [4.69, 9.17) is 4.74 Å². The monoisotopic (exact) mass is 373 g/mol. The third-order valence-electron chi connectivity index (χ3n) is 3.47. The average Bonchev–Trinajstić information content (AvgIpc) is 2.58. The second kappa shape index (κ2) is 8.64. The van der Waals surface area contributed by atoms with Crippen LogP contribution in [0.15, 0.2) is 49.2 Å². The number of carbonyl (C=O) groups excluding carboxylic acids is 1. The van der Waals surface area contributed by atoms with Crippen molar-refractivity contribution in [2.24, 2.45) is 0 Å². The van der Waals surface area contributed by atoms with Crippen LogP contribution < -0.4 is 10.6 Å². The predicted molar refractivity (Wildman–Crippen MR) is 103 cm³/mol. The van der Waals surface area contributed by atoms with Crippen molar-refractivity contribution in [2.45, 2.75) is 32.5 Å². The number of aromatic nitrogens is 1. The zero-order chi connectivity index (χ0) is 20.0. The van der Waals surface area contributed by atoms with Crippen molar-refractivity contribution in [1.29, 1.82) is 0 Å². The van der Waals surface area contributed by atoms with Gasteiger partial charge >= 0.3 is 6.09 Å². The molecular formula is C20H24FN3O3. The van der Waals surface area contributed by atoms with E-state index in [9.17, 15) is 14.3 Å². The van der Waals surface area contributed by atoms with Crippen LogP contribution in [0.1, 0.15) is 38.0 Å². The summed E-state index contributed by atoms with van der Waals surface area (Å²) in [5.74, 6) is -0.0939. The van der Waals surface area contributed by atoms with Gasteiger partial charge in [0.1, 0.15) is 23.3 Å². The smallest absolute Gasteiger partial charge is 0.412 e. The summed E-state index contributed by atoms with van der Waals surface area (Å²) < 4.78 is 19.6. The molecule has 0 saturated carbocycles. The number of aliphatic hydroxyl groups is 1. The molecule has 3 N–H and O–H groups in total. The van der Waals surface area contributed by atoms with Crippen molar-refractivity contribution in [2.75, 3.05) is 17.2 Å². The quantitative estimate of drug-likeness (QED) is 0.660. The first-order valence-corrected chi connectivity index (χ1v) is 8.48. The third kappa shape index (κ3) is 6.07. The van der Waals surface area contributed by atoms with E-state index >= 15 is 0 Å². The average molecular weight is 373 g/mol. The number of carbonyl (C=O) groups is 1. The highest BCUT2D eigenvalue weighted by Crippen LogP contribution is 2.27. The Bertz CT molecular complexity index is 818. The number of nitrogens with zero attached hydrogens (tertiary/aromatic N) is 1. The molecule has 0 fully saturated rings. The van der Waals surface area contributed by atoms with Gasteiger partial charge < -0.3 is 15.2 Å². The maximum absolute atomic E-state index is 14.5. The number of benzene rings is 1. The SMILES string of the molecule is C=CCNc1cc(C(O)c2ccc(NC(=O)OC(C)(C)C)cc2F)ccn1. The Morgan fingerprint density at radius 1 is 1.37 bits per heavy atom. The maximum atomic E-state index is 14.5. The molecule has 1 amide bonds.